The summed E-state index contributed by atoms with van der Waals surface area (Å²) in [5, 5.41) is 10.0. The van der Waals surface area contributed by atoms with Gasteiger partial charge in [0.1, 0.15) is 41.6 Å². The molecule has 1 aromatic heterocycles. The molecule has 1 saturated heterocycles. The van der Waals surface area contributed by atoms with Gasteiger partial charge < -0.3 is 25.0 Å². The van der Waals surface area contributed by atoms with E-state index in [2.05, 4.69) is 20.7 Å². The van der Waals surface area contributed by atoms with Gasteiger partial charge in [-0.25, -0.2) is 14.1 Å². The minimum Gasteiger partial charge on any atom is -0.486 e. The monoisotopic (exact) mass is 598 g/mol. The number of aromatic nitrogens is 3. The number of nitrogens with one attached hydrogen (secondary N) is 2. The molecule has 0 aliphatic carbocycles. The fourth-order valence-corrected chi connectivity index (χ4v) is 5.33. The molecule has 6 bridgehead atoms. The number of benzene rings is 3. The van der Waals surface area contributed by atoms with Gasteiger partial charge in [0.15, 0.2) is 6.61 Å². The zero-order chi connectivity index (χ0) is 30.8. The largest absolute Gasteiger partial charge is 0.486 e. The van der Waals surface area contributed by atoms with Crippen LogP contribution in [0.5, 0.6) is 11.5 Å². The summed E-state index contributed by atoms with van der Waals surface area (Å²) in [7, 11) is 0. The maximum absolute atomic E-state index is 15.0. The number of likely N-dealkylation sites (tertiary alicyclic amines) is 1. The van der Waals surface area contributed by atoms with E-state index in [1.165, 1.54) is 16.8 Å². The Labute approximate surface area is 253 Å². The first-order chi connectivity index (χ1) is 21.2. The number of hydrogen-bond donors (Lipinski definition) is 2. The average molecular weight is 599 g/mol. The highest BCUT2D eigenvalue weighted by molar-refractivity contribution is 5.96. The van der Waals surface area contributed by atoms with Crippen LogP contribution in [0, 0.1) is 19.7 Å². The summed E-state index contributed by atoms with van der Waals surface area (Å²) in [6, 6.07) is 17.8. The molecule has 0 spiro atoms. The zero-order valence-corrected chi connectivity index (χ0v) is 24.2. The van der Waals surface area contributed by atoms with Crippen molar-refractivity contribution >= 4 is 17.7 Å². The van der Waals surface area contributed by atoms with E-state index in [0.717, 1.165) is 5.56 Å². The topological polar surface area (TPSA) is 128 Å². The Bertz CT molecular complexity index is 1720. The van der Waals surface area contributed by atoms with Crippen LogP contribution in [-0.4, -0.2) is 69.2 Å². The Morgan fingerprint density at radius 2 is 1.80 bits per heavy atom. The first-order valence-electron chi connectivity index (χ1n) is 14.2. The molecule has 4 heterocycles. The van der Waals surface area contributed by atoms with Gasteiger partial charge in [-0.15, -0.1) is 0 Å². The van der Waals surface area contributed by atoms with Crippen molar-refractivity contribution in [1.82, 2.24) is 30.3 Å². The van der Waals surface area contributed by atoms with Crippen LogP contribution < -0.4 is 20.1 Å². The van der Waals surface area contributed by atoms with Crippen LogP contribution in [0.25, 0.3) is 11.1 Å². The predicted octanol–water partition coefficient (Wildman–Crippen LogP) is 2.80. The summed E-state index contributed by atoms with van der Waals surface area (Å²) in [6.07, 6.45) is -0.613. The van der Waals surface area contributed by atoms with E-state index in [0.29, 0.717) is 40.8 Å². The van der Waals surface area contributed by atoms with Crippen LogP contribution in [0.2, 0.25) is 0 Å². The number of rotatable bonds is 2. The molecule has 4 aromatic rings. The van der Waals surface area contributed by atoms with Gasteiger partial charge in [0.2, 0.25) is 5.91 Å². The van der Waals surface area contributed by atoms with Gasteiger partial charge in [0, 0.05) is 13.1 Å². The lowest BCUT2D eigenvalue weighted by molar-refractivity contribution is -0.131. The number of carbonyl (C=O) groups excluding carboxylic acids is 3. The molecule has 0 unspecified atom stereocenters. The van der Waals surface area contributed by atoms with E-state index in [1.807, 2.05) is 12.1 Å². The molecule has 0 radical (unpaired) electrons. The Balaban J connectivity index is 1.31. The molecular weight excluding hydrogens is 567 g/mol. The molecule has 2 atom stereocenters. The summed E-state index contributed by atoms with van der Waals surface area (Å²) in [5.41, 5.74) is 1.98. The highest BCUT2D eigenvalue weighted by Crippen LogP contribution is 2.27. The molecule has 12 heteroatoms. The van der Waals surface area contributed by atoms with Crippen molar-refractivity contribution in [2.75, 3.05) is 19.7 Å². The fourth-order valence-electron chi connectivity index (χ4n) is 5.33. The van der Waals surface area contributed by atoms with E-state index in [1.54, 1.807) is 61.2 Å². The Morgan fingerprint density at radius 1 is 1.00 bits per heavy atom. The molecule has 1 fully saturated rings. The molecule has 226 valence electrons. The van der Waals surface area contributed by atoms with Gasteiger partial charge in [-0.1, -0.05) is 30.3 Å². The molecule has 7 rings (SSSR count). The van der Waals surface area contributed by atoms with Crippen LogP contribution in [0.1, 0.15) is 27.6 Å². The van der Waals surface area contributed by atoms with Crippen LogP contribution in [0.15, 0.2) is 66.7 Å². The van der Waals surface area contributed by atoms with Crippen LogP contribution in [0.3, 0.4) is 0 Å². The lowest BCUT2D eigenvalue weighted by Crippen LogP contribution is -2.45. The molecule has 11 nitrogen and oxygen atoms in total. The molecule has 3 aliphatic heterocycles. The van der Waals surface area contributed by atoms with E-state index < -0.39 is 23.9 Å². The molecule has 0 saturated carbocycles. The first-order valence-corrected chi connectivity index (χ1v) is 14.2. The SMILES string of the molecule is Cc1nc(C)n(CC(=O)N2C[C@@H]3NC(=O)c4cc(ccc4F)-c4cccc(c4)OCC(=O)NCc4ccc(cc4)O[C@H]3C2)n1. The van der Waals surface area contributed by atoms with Crippen LogP contribution in [0.4, 0.5) is 4.39 Å². The third kappa shape index (κ3) is 6.38. The second kappa shape index (κ2) is 12.2. The van der Waals surface area contributed by atoms with Crippen molar-refractivity contribution in [2.24, 2.45) is 0 Å². The molecule has 3 amide bonds. The van der Waals surface area contributed by atoms with Gasteiger partial charge in [-0.05, 0) is 66.9 Å². The highest BCUT2D eigenvalue weighted by Gasteiger charge is 2.38. The lowest BCUT2D eigenvalue weighted by Gasteiger charge is -2.21. The van der Waals surface area contributed by atoms with Crippen molar-refractivity contribution < 1.29 is 28.2 Å². The standard InChI is InChI=1S/C32H31FN6O5/c1-19-35-20(2)39(37-19)17-31(41)38-15-28-29(16-38)44-24-9-6-21(7-10-24)14-34-30(40)18-43-25-5-3-4-22(12-25)23-8-11-27(33)26(13-23)32(42)36-28/h3-13,28-29H,14-18H2,1-2H3,(H,34,40)(H,36,42)/t28-,29-/m0/s1. The summed E-state index contributed by atoms with van der Waals surface area (Å²) < 4.78 is 28.5. The number of nitrogens with zero attached hydrogens (tertiary/aromatic N) is 4. The summed E-state index contributed by atoms with van der Waals surface area (Å²) in [6.45, 7) is 3.99. The van der Waals surface area contributed by atoms with Crippen molar-refractivity contribution in [1.29, 1.82) is 0 Å². The minimum absolute atomic E-state index is 0.0140. The van der Waals surface area contributed by atoms with Crippen molar-refractivity contribution in [2.45, 2.75) is 39.1 Å². The second-order valence-electron chi connectivity index (χ2n) is 10.8. The van der Waals surface area contributed by atoms with Crippen LogP contribution in [-0.2, 0) is 22.7 Å². The first kappa shape index (κ1) is 28.8. The average Bonchev–Trinajstić information content (AvgIpc) is 3.56. The molecular formula is C32H31FN6O5. The number of hydrogen-bond acceptors (Lipinski definition) is 7. The molecule has 2 N–H and O–H groups in total. The Morgan fingerprint density at radius 3 is 2.57 bits per heavy atom. The van der Waals surface area contributed by atoms with Gasteiger partial charge >= 0.3 is 0 Å². The lowest BCUT2D eigenvalue weighted by atomic mass is 10.0. The van der Waals surface area contributed by atoms with Crippen LogP contribution >= 0.6 is 0 Å². The predicted molar refractivity (Wildman–Crippen MR) is 157 cm³/mol. The maximum atomic E-state index is 15.0. The second-order valence-corrected chi connectivity index (χ2v) is 10.8. The summed E-state index contributed by atoms with van der Waals surface area (Å²) >= 11 is 0. The number of amides is 3. The van der Waals surface area contributed by atoms with Crippen molar-refractivity contribution in [3.05, 3.63) is 95.3 Å². The Kier molecular flexibility index (Phi) is 7.97. The van der Waals surface area contributed by atoms with E-state index in [4.69, 9.17) is 9.47 Å². The zero-order valence-electron chi connectivity index (χ0n) is 24.2. The quantitative estimate of drug-likeness (QED) is 0.363. The maximum Gasteiger partial charge on any atom is 0.258 e. The molecule has 44 heavy (non-hydrogen) atoms. The van der Waals surface area contributed by atoms with Gasteiger partial charge in [-0.3, -0.25) is 14.4 Å². The highest BCUT2D eigenvalue weighted by atomic mass is 19.1. The van der Waals surface area contributed by atoms with Gasteiger partial charge in [-0.2, -0.15) is 5.10 Å². The van der Waals surface area contributed by atoms with E-state index in [-0.39, 0.29) is 43.6 Å². The number of halogens is 1. The Hall–Kier alpha value is -5.26. The summed E-state index contributed by atoms with van der Waals surface area (Å²) in [4.78, 5) is 45.1. The molecule has 3 aromatic carbocycles. The normalized spacial score (nSPS) is 18.5. The number of fused-ring (bicyclic) bond motifs is 7. The van der Waals surface area contributed by atoms with Gasteiger partial charge in [0.05, 0.1) is 18.2 Å². The van der Waals surface area contributed by atoms with Gasteiger partial charge in [0.25, 0.3) is 11.8 Å². The third-order valence-corrected chi connectivity index (χ3v) is 7.63. The third-order valence-electron chi connectivity index (χ3n) is 7.63. The van der Waals surface area contributed by atoms with Crippen molar-refractivity contribution in [3.8, 4) is 22.6 Å². The number of carbonyl (C=O) groups is 3. The molecule has 3 aliphatic rings. The number of ether oxygens (including phenoxy) is 2. The number of aryl methyl sites for hydroxylation is 2. The summed E-state index contributed by atoms with van der Waals surface area (Å²) in [5.74, 6) is 0.339. The fraction of sp³-hybridized carbons (Fsp3) is 0.281. The van der Waals surface area contributed by atoms with E-state index >= 15 is 4.39 Å². The minimum atomic E-state index is -0.687. The van der Waals surface area contributed by atoms with E-state index in [9.17, 15) is 14.4 Å². The smallest absolute Gasteiger partial charge is 0.258 e. The van der Waals surface area contributed by atoms with Crippen molar-refractivity contribution in [3.63, 3.8) is 0 Å².